The molecule has 0 aliphatic carbocycles. The Hall–Kier alpha value is -3.67. The molecule has 2 aromatic heterocycles. The van der Waals surface area contributed by atoms with Gasteiger partial charge in [-0.15, -0.1) is 0 Å². The van der Waals surface area contributed by atoms with Gasteiger partial charge in [-0.2, -0.15) is 18.3 Å². The zero-order valence-corrected chi connectivity index (χ0v) is 15.7. The number of pyridine rings is 1. The lowest BCUT2D eigenvalue weighted by atomic mass is 10.2. The van der Waals surface area contributed by atoms with Crippen molar-refractivity contribution in [1.82, 2.24) is 14.8 Å². The standard InChI is InChI=1S/C17H11ClF3N5O4/c1-25-14(13(18)15(24-25)17(19,20)21)16(27)23-9-5-10(26(28)29)7-12(6-9)30-11-3-2-4-22-8-11/h2-8H,1H3,(H,23,27). The lowest BCUT2D eigenvalue weighted by molar-refractivity contribution is -0.384. The van der Waals surface area contributed by atoms with Gasteiger partial charge in [-0.3, -0.25) is 24.6 Å². The maximum Gasteiger partial charge on any atom is 0.436 e. The summed E-state index contributed by atoms with van der Waals surface area (Å²) in [5.41, 5.74) is -2.50. The van der Waals surface area contributed by atoms with Crippen molar-refractivity contribution in [1.29, 1.82) is 0 Å². The SMILES string of the molecule is Cn1nc(C(F)(F)F)c(Cl)c1C(=O)Nc1cc(Oc2cccnc2)cc([N+](=O)[O-])c1. The second kappa shape index (κ2) is 7.99. The summed E-state index contributed by atoms with van der Waals surface area (Å²) in [6.07, 6.45) is -1.99. The molecule has 9 nitrogen and oxygen atoms in total. The number of rotatable bonds is 5. The summed E-state index contributed by atoms with van der Waals surface area (Å²) >= 11 is 5.69. The first-order valence-corrected chi connectivity index (χ1v) is 8.42. The summed E-state index contributed by atoms with van der Waals surface area (Å²) < 4.78 is 45.0. The molecule has 1 N–H and O–H groups in total. The number of carbonyl (C=O) groups excluding carboxylic acids is 1. The highest BCUT2D eigenvalue weighted by Gasteiger charge is 2.39. The zero-order chi connectivity index (χ0) is 22.1. The first-order chi connectivity index (χ1) is 14.1. The Morgan fingerprint density at radius 3 is 2.60 bits per heavy atom. The number of amides is 1. The number of aromatic nitrogens is 3. The molecule has 156 valence electrons. The van der Waals surface area contributed by atoms with Crippen LogP contribution in [0.4, 0.5) is 24.5 Å². The Morgan fingerprint density at radius 1 is 1.30 bits per heavy atom. The summed E-state index contributed by atoms with van der Waals surface area (Å²) in [5, 5.41) is 15.8. The summed E-state index contributed by atoms with van der Waals surface area (Å²) in [7, 11) is 1.11. The minimum absolute atomic E-state index is 0.000386. The van der Waals surface area contributed by atoms with Gasteiger partial charge in [0.05, 0.1) is 22.9 Å². The molecule has 0 bridgehead atoms. The molecule has 30 heavy (non-hydrogen) atoms. The van der Waals surface area contributed by atoms with Crippen LogP contribution in [0.1, 0.15) is 16.2 Å². The smallest absolute Gasteiger partial charge is 0.436 e. The van der Waals surface area contributed by atoms with Crippen LogP contribution >= 0.6 is 11.6 Å². The van der Waals surface area contributed by atoms with Crippen molar-refractivity contribution in [2.75, 3.05) is 5.32 Å². The molecule has 0 saturated heterocycles. The maximum absolute atomic E-state index is 12.9. The number of hydrogen-bond donors (Lipinski definition) is 1. The summed E-state index contributed by atoms with van der Waals surface area (Å²) in [6, 6.07) is 6.52. The van der Waals surface area contributed by atoms with Gasteiger partial charge < -0.3 is 10.1 Å². The predicted octanol–water partition coefficient (Wildman–Crippen LogP) is 4.44. The van der Waals surface area contributed by atoms with Gasteiger partial charge in [0.1, 0.15) is 22.2 Å². The van der Waals surface area contributed by atoms with Crippen molar-refractivity contribution < 1.29 is 27.6 Å². The van der Waals surface area contributed by atoms with Crippen LogP contribution in [0.5, 0.6) is 11.5 Å². The molecular formula is C17H11ClF3N5O4. The van der Waals surface area contributed by atoms with Gasteiger partial charge in [0.15, 0.2) is 5.69 Å². The van der Waals surface area contributed by atoms with Crippen LogP contribution in [0, 0.1) is 10.1 Å². The number of non-ortho nitro benzene ring substituents is 1. The first kappa shape index (κ1) is 21.0. The number of hydrogen-bond acceptors (Lipinski definition) is 6. The van der Waals surface area contributed by atoms with Gasteiger partial charge in [-0.25, -0.2) is 0 Å². The molecule has 0 unspecified atom stereocenters. The van der Waals surface area contributed by atoms with E-state index in [-0.39, 0.29) is 17.2 Å². The van der Waals surface area contributed by atoms with E-state index in [0.717, 1.165) is 19.2 Å². The summed E-state index contributed by atoms with van der Waals surface area (Å²) in [4.78, 5) is 26.8. The van der Waals surface area contributed by atoms with E-state index in [9.17, 15) is 28.1 Å². The van der Waals surface area contributed by atoms with Crippen LogP contribution in [-0.2, 0) is 13.2 Å². The lowest BCUT2D eigenvalue weighted by Gasteiger charge is -2.09. The van der Waals surface area contributed by atoms with Crippen molar-refractivity contribution >= 4 is 28.9 Å². The van der Waals surface area contributed by atoms with E-state index in [1.54, 1.807) is 12.1 Å². The quantitative estimate of drug-likeness (QED) is 0.462. The molecule has 13 heteroatoms. The predicted molar refractivity (Wildman–Crippen MR) is 98.6 cm³/mol. The van der Waals surface area contributed by atoms with E-state index in [2.05, 4.69) is 15.4 Å². The van der Waals surface area contributed by atoms with Gasteiger partial charge in [0.2, 0.25) is 0 Å². The molecule has 2 heterocycles. The van der Waals surface area contributed by atoms with E-state index in [0.29, 0.717) is 4.68 Å². The number of nitro groups is 1. The summed E-state index contributed by atoms with van der Waals surface area (Å²) in [5.74, 6) is -0.766. The highest BCUT2D eigenvalue weighted by molar-refractivity contribution is 6.34. The van der Waals surface area contributed by atoms with Gasteiger partial charge in [0.25, 0.3) is 11.6 Å². The molecule has 0 aliphatic heterocycles. The fourth-order valence-corrected chi connectivity index (χ4v) is 2.83. The Morgan fingerprint density at radius 2 is 2.03 bits per heavy atom. The van der Waals surface area contributed by atoms with Gasteiger partial charge in [-0.05, 0) is 12.1 Å². The topological polar surface area (TPSA) is 112 Å². The van der Waals surface area contributed by atoms with Crippen LogP contribution in [0.25, 0.3) is 0 Å². The van der Waals surface area contributed by atoms with E-state index in [1.807, 2.05) is 0 Å². The third kappa shape index (κ3) is 4.49. The summed E-state index contributed by atoms with van der Waals surface area (Å²) in [6.45, 7) is 0. The lowest BCUT2D eigenvalue weighted by Crippen LogP contribution is -2.16. The second-order valence-corrected chi connectivity index (χ2v) is 6.23. The number of carbonyl (C=O) groups is 1. The van der Waals surface area contributed by atoms with Gasteiger partial charge >= 0.3 is 6.18 Å². The molecular weight excluding hydrogens is 431 g/mol. The molecule has 0 atom stereocenters. The van der Waals surface area contributed by atoms with Crippen molar-refractivity contribution in [2.45, 2.75) is 6.18 Å². The minimum atomic E-state index is -4.86. The fraction of sp³-hybridized carbons (Fsp3) is 0.118. The molecule has 0 fully saturated rings. The third-order valence-corrected chi connectivity index (χ3v) is 4.06. The number of ether oxygens (including phenoxy) is 1. The molecule has 0 radical (unpaired) electrons. The highest BCUT2D eigenvalue weighted by atomic mass is 35.5. The van der Waals surface area contributed by atoms with Crippen LogP contribution < -0.4 is 10.1 Å². The minimum Gasteiger partial charge on any atom is -0.455 e. The van der Waals surface area contributed by atoms with Crippen molar-refractivity contribution in [2.24, 2.45) is 7.05 Å². The Labute approximate surface area is 171 Å². The van der Waals surface area contributed by atoms with Gasteiger partial charge in [0, 0.05) is 25.4 Å². The van der Waals surface area contributed by atoms with Crippen molar-refractivity contribution in [3.63, 3.8) is 0 Å². The largest absolute Gasteiger partial charge is 0.455 e. The molecule has 1 aromatic carbocycles. The van der Waals surface area contributed by atoms with Crippen LogP contribution in [0.15, 0.2) is 42.7 Å². The fourth-order valence-electron chi connectivity index (χ4n) is 2.48. The monoisotopic (exact) mass is 441 g/mol. The van der Waals surface area contributed by atoms with Crippen molar-refractivity contribution in [3.05, 3.63) is 69.3 Å². The number of nitrogens with zero attached hydrogens (tertiary/aromatic N) is 4. The van der Waals surface area contributed by atoms with Gasteiger partial charge in [-0.1, -0.05) is 11.6 Å². The second-order valence-electron chi connectivity index (χ2n) is 5.85. The van der Waals surface area contributed by atoms with E-state index in [1.165, 1.54) is 18.5 Å². The number of nitro benzene ring substituents is 1. The van der Waals surface area contributed by atoms with E-state index < -0.39 is 39.1 Å². The molecule has 1 amide bonds. The molecule has 0 spiro atoms. The van der Waals surface area contributed by atoms with Crippen LogP contribution in [-0.4, -0.2) is 25.6 Å². The maximum atomic E-state index is 12.9. The molecule has 0 saturated carbocycles. The first-order valence-electron chi connectivity index (χ1n) is 8.04. The Kier molecular flexibility index (Phi) is 5.60. The number of nitrogens with one attached hydrogen (secondary N) is 1. The average molecular weight is 442 g/mol. The number of alkyl halides is 3. The average Bonchev–Trinajstić information content (AvgIpc) is 2.97. The third-order valence-electron chi connectivity index (χ3n) is 3.70. The number of aryl methyl sites for hydroxylation is 1. The van der Waals surface area contributed by atoms with Crippen LogP contribution in [0.3, 0.4) is 0 Å². The Bertz CT molecular complexity index is 1120. The molecule has 3 rings (SSSR count). The molecule has 3 aromatic rings. The van der Waals surface area contributed by atoms with E-state index >= 15 is 0 Å². The van der Waals surface area contributed by atoms with Crippen molar-refractivity contribution in [3.8, 4) is 11.5 Å². The normalized spacial score (nSPS) is 11.2. The Balaban J connectivity index is 1.93. The van der Waals surface area contributed by atoms with E-state index in [4.69, 9.17) is 16.3 Å². The number of benzene rings is 1. The molecule has 0 aliphatic rings. The zero-order valence-electron chi connectivity index (χ0n) is 15.0. The number of anilines is 1. The van der Waals surface area contributed by atoms with Crippen LogP contribution in [0.2, 0.25) is 5.02 Å². The number of halogens is 4. The highest BCUT2D eigenvalue weighted by Crippen LogP contribution is 2.36.